The summed E-state index contributed by atoms with van der Waals surface area (Å²) in [6.45, 7) is 5.12. The molecule has 1 N–H and O–H groups in total. The summed E-state index contributed by atoms with van der Waals surface area (Å²) < 4.78 is 17.7. The highest BCUT2D eigenvalue weighted by Gasteiger charge is 2.61. The molecular formula is C11H15FO4. The molecule has 0 spiro atoms. The summed E-state index contributed by atoms with van der Waals surface area (Å²) in [6.07, 6.45) is 1.05. The molecular weight excluding hydrogens is 215 g/mol. The molecule has 0 amide bonds. The Bertz CT molecular complexity index is 346. The van der Waals surface area contributed by atoms with Crippen LogP contribution in [0.5, 0.6) is 0 Å². The van der Waals surface area contributed by atoms with Gasteiger partial charge in [0.05, 0.1) is 12.5 Å². The van der Waals surface area contributed by atoms with Crippen LogP contribution in [0, 0.1) is 17.3 Å². The Morgan fingerprint density at radius 2 is 2.06 bits per heavy atom. The first-order chi connectivity index (χ1) is 7.32. The standard InChI is InChI=1S/C11H15FO4/c1-4-16-10(15)7(12)5-6-8(9(13)14)11(6,2)3/h5-6,8H,4H2,1-3H3,(H,13,14)/t6?,8-/m0/s1. The fraction of sp³-hybridized carbons (Fsp3) is 0.636. The van der Waals surface area contributed by atoms with E-state index in [9.17, 15) is 14.0 Å². The number of rotatable bonds is 4. The zero-order chi connectivity index (χ0) is 12.5. The summed E-state index contributed by atoms with van der Waals surface area (Å²) in [4.78, 5) is 21.8. The molecule has 0 aromatic heterocycles. The number of ether oxygens (including phenoxy) is 1. The first-order valence-corrected chi connectivity index (χ1v) is 5.09. The van der Waals surface area contributed by atoms with Crippen LogP contribution in [0.2, 0.25) is 0 Å². The minimum absolute atomic E-state index is 0.0938. The van der Waals surface area contributed by atoms with Gasteiger partial charge in [-0.2, -0.15) is 4.39 Å². The second kappa shape index (κ2) is 4.23. The summed E-state index contributed by atoms with van der Waals surface area (Å²) in [6, 6.07) is 0. The van der Waals surface area contributed by atoms with E-state index in [0.29, 0.717) is 0 Å². The van der Waals surface area contributed by atoms with Crippen LogP contribution >= 0.6 is 0 Å². The molecule has 5 heteroatoms. The normalized spacial score (nSPS) is 27.4. The lowest BCUT2D eigenvalue weighted by molar-refractivity contribution is -0.141. The number of halogens is 1. The summed E-state index contributed by atoms with van der Waals surface area (Å²) in [5.74, 6) is -4.09. The van der Waals surface area contributed by atoms with Gasteiger partial charge in [0.1, 0.15) is 0 Å². The van der Waals surface area contributed by atoms with Gasteiger partial charge >= 0.3 is 11.9 Å². The van der Waals surface area contributed by atoms with Crippen molar-refractivity contribution >= 4 is 11.9 Å². The third-order valence-corrected chi connectivity index (χ3v) is 2.97. The fourth-order valence-corrected chi connectivity index (χ4v) is 1.89. The largest absolute Gasteiger partial charge is 0.481 e. The molecule has 0 heterocycles. The highest BCUT2D eigenvalue weighted by Crippen LogP contribution is 2.59. The average molecular weight is 230 g/mol. The molecule has 0 saturated heterocycles. The van der Waals surface area contributed by atoms with E-state index < -0.39 is 35.0 Å². The van der Waals surface area contributed by atoms with Crippen molar-refractivity contribution in [2.24, 2.45) is 17.3 Å². The average Bonchev–Trinajstić information content (AvgIpc) is 2.68. The zero-order valence-corrected chi connectivity index (χ0v) is 9.49. The van der Waals surface area contributed by atoms with Crippen molar-refractivity contribution in [3.8, 4) is 0 Å². The summed E-state index contributed by atoms with van der Waals surface area (Å²) >= 11 is 0. The second-order valence-corrected chi connectivity index (χ2v) is 4.40. The maximum Gasteiger partial charge on any atom is 0.366 e. The molecule has 0 aliphatic heterocycles. The lowest BCUT2D eigenvalue weighted by Gasteiger charge is -1.99. The number of allylic oxidation sites excluding steroid dienone is 1. The maximum atomic E-state index is 13.2. The topological polar surface area (TPSA) is 63.6 Å². The number of hydrogen-bond donors (Lipinski definition) is 1. The predicted molar refractivity (Wildman–Crippen MR) is 54.2 cm³/mol. The molecule has 4 nitrogen and oxygen atoms in total. The van der Waals surface area contributed by atoms with Crippen molar-refractivity contribution in [2.45, 2.75) is 20.8 Å². The Balaban J connectivity index is 2.72. The van der Waals surface area contributed by atoms with E-state index in [0.717, 1.165) is 6.08 Å². The van der Waals surface area contributed by atoms with Crippen molar-refractivity contribution in [2.75, 3.05) is 6.61 Å². The Hall–Kier alpha value is -1.39. The SMILES string of the molecule is CCOC(=O)C(F)=CC1[C@@H](C(=O)O)C1(C)C. The van der Waals surface area contributed by atoms with Gasteiger partial charge in [0.2, 0.25) is 5.83 Å². The van der Waals surface area contributed by atoms with Crippen LogP contribution in [-0.2, 0) is 14.3 Å². The number of carboxylic acids is 1. The Morgan fingerprint density at radius 3 is 2.44 bits per heavy atom. The second-order valence-electron chi connectivity index (χ2n) is 4.40. The Kier molecular flexibility index (Phi) is 3.35. The number of carbonyl (C=O) groups is 2. The minimum Gasteiger partial charge on any atom is -0.481 e. The van der Waals surface area contributed by atoms with Gasteiger partial charge in [-0.05, 0) is 24.3 Å². The van der Waals surface area contributed by atoms with Crippen molar-refractivity contribution in [1.29, 1.82) is 0 Å². The molecule has 1 fully saturated rings. The maximum absolute atomic E-state index is 13.2. The van der Waals surface area contributed by atoms with E-state index in [4.69, 9.17) is 5.11 Å². The van der Waals surface area contributed by atoms with Crippen molar-refractivity contribution in [1.82, 2.24) is 0 Å². The summed E-state index contributed by atoms with van der Waals surface area (Å²) in [7, 11) is 0. The number of esters is 1. The highest BCUT2D eigenvalue weighted by atomic mass is 19.1. The molecule has 1 aliphatic carbocycles. The molecule has 1 aliphatic rings. The van der Waals surface area contributed by atoms with Gasteiger partial charge in [-0.15, -0.1) is 0 Å². The minimum atomic E-state index is -1.03. The molecule has 1 unspecified atom stereocenters. The molecule has 90 valence electrons. The number of carbonyl (C=O) groups excluding carboxylic acids is 1. The van der Waals surface area contributed by atoms with Gasteiger partial charge in [-0.25, -0.2) is 4.79 Å². The van der Waals surface area contributed by atoms with Gasteiger partial charge in [0, 0.05) is 0 Å². The van der Waals surface area contributed by atoms with Gasteiger partial charge in [0.25, 0.3) is 0 Å². The van der Waals surface area contributed by atoms with Crippen LogP contribution in [-0.4, -0.2) is 23.7 Å². The Morgan fingerprint density at radius 1 is 1.50 bits per heavy atom. The van der Waals surface area contributed by atoms with Crippen LogP contribution in [0.15, 0.2) is 11.9 Å². The smallest absolute Gasteiger partial charge is 0.366 e. The van der Waals surface area contributed by atoms with E-state index in [1.807, 2.05) is 0 Å². The molecule has 0 radical (unpaired) electrons. The molecule has 0 bridgehead atoms. The van der Waals surface area contributed by atoms with Gasteiger partial charge in [-0.3, -0.25) is 4.79 Å². The van der Waals surface area contributed by atoms with Crippen molar-refractivity contribution in [3.63, 3.8) is 0 Å². The molecule has 1 rings (SSSR count). The lowest BCUT2D eigenvalue weighted by atomic mass is 10.1. The van der Waals surface area contributed by atoms with E-state index in [-0.39, 0.29) is 6.61 Å². The van der Waals surface area contributed by atoms with E-state index in [1.165, 1.54) is 0 Å². The summed E-state index contributed by atoms with van der Waals surface area (Å²) in [5.41, 5.74) is -0.504. The highest BCUT2D eigenvalue weighted by molar-refractivity contribution is 5.86. The van der Waals surface area contributed by atoms with E-state index in [1.54, 1.807) is 20.8 Å². The quantitative estimate of drug-likeness (QED) is 0.590. The van der Waals surface area contributed by atoms with Crippen molar-refractivity contribution in [3.05, 3.63) is 11.9 Å². The lowest BCUT2D eigenvalue weighted by Crippen LogP contribution is -2.05. The van der Waals surface area contributed by atoms with Crippen LogP contribution in [0.25, 0.3) is 0 Å². The third kappa shape index (κ3) is 2.23. The van der Waals surface area contributed by atoms with Gasteiger partial charge < -0.3 is 9.84 Å². The first kappa shape index (κ1) is 12.7. The van der Waals surface area contributed by atoms with Crippen LogP contribution in [0.1, 0.15) is 20.8 Å². The molecule has 0 aromatic rings. The van der Waals surface area contributed by atoms with Crippen LogP contribution in [0.4, 0.5) is 4.39 Å². The van der Waals surface area contributed by atoms with E-state index in [2.05, 4.69) is 4.74 Å². The first-order valence-electron chi connectivity index (χ1n) is 5.09. The van der Waals surface area contributed by atoms with Gasteiger partial charge in [0.15, 0.2) is 0 Å². The zero-order valence-electron chi connectivity index (χ0n) is 9.49. The number of aliphatic carboxylic acids is 1. The number of hydrogen-bond acceptors (Lipinski definition) is 3. The molecule has 1 saturated carbocycles. The fourth-order valence-electron chi connectivity index (χ4n) is 1.89. The molecule has 2 atom stereocenters. The predicted octanol–water partition coefficient (Wildman–Crippen LogP) is 1.76. The van der Waals surface area contributed by atoms with E-state index >= 15 is 0 Å². The monoisotopic (exact) mass is 230 g/mol. The number of carboxylic acid groups (broad SMARTS) is 1. The molecule has 0 aromatic carbocycles. The van der Waals surface area contributed by atoms with Crippen LogP contribution < -0.4 is 0 Å². The third-order valence-electron chi connectivity index (χ3n) is 2.97. The summed E-state index contributed by atoms with van der Waals surface area (Å²) in [5, 5.41) is 8.85. The van der Waals surface area contributed by atoms with Crippen LogP contribution in [0.3, 0.4) is 0 Å². The van der Waals surface area contributed by atoms with Gasteiger partial charge in [-0.1, -0.05) is 13.8 Å². The Labute approximate surface area is 93.1 Å². The molecule has 16 heavy (non-hydrogen) atoms. The van der Waals surface area contributed by atoms with Crippen molar-refractivity contribution < 1.29 is 23.8 Å².